The molecule has 0 spiro atoms. The van der Waals surface area contributed by atoms with Gasteiger partial charge >= 0.3 is 0 Å². The molecule has 1 aromatic carbocycles. The Bertz CT molecular complexity index is 1030. The van der Waals surface area contributed by atoms with Crippen LogP contribution in [0.2, 0.25) is 0 Å². The average molecular weight is 345 g/mol. The van der Waals surface area contributed by atoms with Crippen molar-refractivity contribution >= 4 is 11.4 Å². The molecule has 128 valence electrons. The number of allylic oxidation sites excluding steroid dienone is 1. The molecule has 0 amide bonds. The molecule has 2 aromatic heterocycles. The lowest BCUT2D eigenvalue weighted by molar-refractivity contribution is 0.298. The molecule has 4 nitrogen and oxygen atoms in total. The molecule has 0 radical (unpaired) electrons. The van der Waals surface area contributed by atoms with Gasteiger partial charge in [-0.15, -0.1) is 0 Å². The molecule has 7 heteroatoms. The predicted octanol–water partition coefficient (Wildman–Crippen LogP) is 4.31. The van der Waals surface area contributed by atoms with Crippen molar-refractivity contribution in [3.63, 3.8) is 0 Å². The number of benzene rings is 1. The summed E-state index contributed by atoms with van der Waals surface area (Å²) in [5.41, 5.74) is 1.90. The quantitative estimate of drug-likeness (QED) is 0.664. The van der Waals surface area contributed by atoms with Crippen LogP contribution in [0.4, 0.5) is 13.2 Å². The van der Waals surface area contributed by atoms with Crippen LogP contribution in [0, 0.1) is 17.5 Å². The van der Waals surface area contributed by atoms with E-state index in [4.69, 9.17) is 4.74 Å². The Balaban J connectivity index is 1.93. The Hall–Kier alpha value is -2.83. The Labute approximate surface area is 141 Å². The van der Waals surface area contributed by atoms with E-state index < -0.39 is 17.5 Å². The lowest BCUT2D eigenvalue weighted by Crippen LogP contribution is -2.02. The summed E-state index contributed by atoms with van der Waals surface area (Å²) in [6.07, 6.45) is 5.07. The minimum atomic E-state index is -1.26. The summed E-state index contributed by atoms with van der Waals surface area (Å²) < 4.78 is 48.6. The highest BCUT2D eigenvalue weighted by atomic mass is 19.2. The second-order valence-corrected chi connectivity index (χ2v) is 5.85. The van der Waals surface area contributed by atoms with E-state index in [2.05, 4.69) is 9.97 Å². The monoisotopic (exact) mass is 345 g/mol. The average Bonchev–Trinajstić information content (AvgIpc) is 3.13. The molecule has 3 aromatic rings. The van der Waals surface area contributed by atoms with Gasteiger partial charge in [0.05, 0.1) is 12.2 Å². The molecule has 1 atom stereocenters. The number of ether oxygens (including phenoxy) is 1. The van der Waals surface area contributed by atoms with Gasteiger partial charge in [0.2, 0.25) is 0 Å². The van der Waals surface area contributed by atoms with E-state index in [9.17, 15) is 13.2 Å². The number of halogens is 3. The molecule has 1 unspecified atom stereocenters. The van der Waals surface area contributed by atoms with Crippen LogP contribution in [0.3, 0.4) is 0 Å². The summed E-state index contributed by atoms with van der Waals surface area (Å²) in [6, 6.07) is 1.42. The lowest BCUT2D eigenvalue weighted by Gasteiger charge is -2.10. The number of hydrogen-bond acceptors (Lipinski definition) is 3. The maximum atomic E-state index is 14.1. The molecule has 1 aliphatic rings. The number of rotatable bonds is 3. The zero-order valence-electron chi connectivity index (χ0n) is 13.6. The number of aromatic nitrogens is 3. The summed E-state index contributed by atoms with van der Waals surface area (Å²) in [6.45, 7) is 4.41. The van der Waals surface area contributed by atoms with Crippen molar-refractivity contribution in [2.75, 3.05) is 6.61 Å². The number of fused-ring (bicyclic) bond motifs is 3. The molecule has 0 saturated carbocycles. The Morgan fingerprint density at radius 3 is 2.72 bits per heavy atom. The van der Waals surface area contributed by atoms with Gasteiger partial charge in [0.15, 0.2) is 17.3 Å². The van der Waals surface area contributed by atoms with Crippen LogP contribution >= 0.6 is 0 Å². The van der Waals surface area contributed by atoms with Gasteiger partial charge in [0, 0.05) is 29.4 Å². The highest BCUT2D eigenvalue weighted by molar-refractivity contribution is 5.77. The molecule has 0 bridgehead atoms. The maximum Gasteiger partial charge on any atom is 0.168 e. The molecule has 0 saturated heterocycles. The van der Waals surface area contributed by atoms with E-state index >= 15 is 0 Å². The van der Waals surface area contributed by atoms with Gasteiger partial charge in [-0.2, -0.15) is 0 Å². The first-order valence-corrected chi connectivity index (χ1v) is 7.87. The minimum Gasteiger partial charge on any atom is -0.493 e. The number of nitrogens with zero attached hydrogens (tertiary/aromatic N) is 3. The van der Waals surface area contributed by atoms with E-state index in [0.717, 1.165) is 23.1 Å². The Morgan fingerprint density at radius 1 is 1.16 bits per heavy atom. The molecular formula is C18H14F3N3O. The van der Waals surface area contributed by atoms with Gasteiger partial charge in [-0.05, 0) is 19.1 Å². The summed E-state index contributed by atoms with van der Waals surface area (Å²) in [7, 11) is 0. The van der Waals surface area contributed by atoms with Crippen molar-refractivity contribution in [2.45, 2.75) is 19.8 Å². The Kier molecular flexibility index (Phi) is 3.52. The second-order valence-electron chi connectivity index (χ2n) is 5.85. The van der Waals surface area contributed by atoms with Gasteiger partial charge < -0.3 is 4.74 Å². The third-order valence-electron chi connectivity index (χ3n) is 4.24. The van der Waals surface area contributed by atoms with Gasteiger partial charge in [-0.1, -0.05) is 6.92 Å². The SMILES string of the molecule is CCOC1=CC(C)c2c1cnc1c(-c3cc(F)cc(F)c3F)ncn21. The molecular weight excluding hydrogens is 331 g/mol. The first-order valence-electron chi connectivity index (χ1n) is 7.87. The standard InChI is InChI=1S/C18H14F3N3O/c1-3-25-14-4-9(2)17-12(14)7-22-18-16(23-8-24(17)18)11-5-10(19)6-13(20)15(11)21/h4-9H,3H2,1-2H3. The fourth-order valence-corrected chi connectivity index (χ4v) is 3.21. The highest BCUT2D eigenvalue weighted by Gasteiger charge is 2.27. The van der Waals surface area contributed by atoms with Crippen LogP contribution in [0.25, 0.3) is 22.7 Å². The third-order valence-corrected chi connectivity index (χ3v) is 4.24. The van der Waals surface area contributed by atoms with Crippen molar-refractivity contribution in [3.05, 3.63) is 59.4 Å². The van der Waals surface area contributed by atoms with Crippen LogP contribution in [0.15, 0.2) is 30.7 Å². The fraction of sp³-hybridized carbons (Fsp3) is 0.222. The molecule has 2 heterocycles. The van der Waals surface area contributed by atoms with E-state index in [0.29, 0.717) is 18.3 Å². The second kappa shape index (κ2) is 5.61. The normalized spacial score (nSPS) is 16.2. The summed E-state index contributed by atoms with van der Waals surface area (Å²) >= 11 is 0. The largest absolute Gasteiger partial charge is 0.493 e. The van der Waals surface area contributed by atoms with Gasteiger partial charge in [0.1, 0.15) is 23.6 Å². The van der Waals surface area contributed by atoms with Crippen LogP contribution < -0.4 is 0 Å². The molecule has 0 aliphatic heterocycles. The van der Waals surface area contributed by atoms with Gasteiger partial charge in [-0.25, -0.2) is 23.1 Å². The van der Waals surface area contributed by atoms with Crippen molar-refractivity contribution in [3.8, 4) is 11.3 Å². The lowest BCUT2D eigenvalue weighted by atomic mass is 10.1. The summed E-state index contributed by atoms with van der Waals surface area (Å²) in [5, 5.41) is 0. The molecule has 25 heavy (non-hydrogen) atoms. The van der Waals surface area contributed by atoms with Crippen molar-refractivity contribution in [2.24, 2.45) is 0 Å². The van der Waals surface area contributed by atoms with Crippen LogP contribution in [0.1, 0.15) is 31.0 Å². The summed E-state index contributed by atoms with van der Waals surface area (Å²) in [5.74, 6) is -2.50. The van der Waals surface area contributed by atoms with Crippen LogP contribution in [-0.4, -0.2) is 21.0 Å². The molecule has 4 rings (SSSR count). The minimum absolute atomic E-state index is 0.0400. The van der Waals surface area contributed by atoms with Crippen molar-refractivity contribution in [1.82, 2.24) is 14.4 Å². The Morgan fingerprint density at radius 2 is 1.96 bits per heavy atom. The smallest absolute Gasteiger partial charge is 0.168 e. The fourth-order valence-electron chi connectivity index (χ4n) is 3.21. The number of hydrogen-bond donors (Lipinski definition) is 0. The zero-order chi connectivity index (χ0) is 17.7. The first kappa shape index (κ1) is 15.7. The maximum absolute atomic E-state index is 14.1. The van der Waals surface area contributed by atoms with Crippen molar-refractivity contribution < 1.29 is 17.9 Å². The highest BCUT2D eigenvalue weighted by Crippen LogP contribution is 2.37. The van der Waals surface area contributed by atoms with E-state index in [-0.39, 0.29) is 17.2 Å². The van der Waals surface area contributed by atoms with E-state index in [1.807, 2.05) is 19.9 Å². The van der Waals surface area contributed by atoms with Crippen LogP contribution in [0.5, 0.6) is 0 Å². The van der Waals surface area contributed by atoms with Gasteiger partial charge in [0.25, 0.3) is 0 Å². The molecule has 1 aliphatic carbocycles. The first-order chi connectivity index (χ1) is 12.0. The van der Waals surface area contributed by atoms with Gasteiger partial charge in [-0.3, -0.25) is 4.40 Å². The van der Waals surface area contributed by atoms with Crippen molar-refractivity contribution in [1.29, 1.82) is 0 Å². The van der Waals surface area contributed by atoms with E-state index in [1.54, 1.807) is 10.6 Å². The third kappa shape index (κ3) is 2.30. The van der Waals surface area contributed by atoms with E-state index in [1.165, 1.54) is 6.33 Å². The predicted molar refractivity (Wildman–Crippen MR) is 86.3 cm³/mol. The zero-order valence-corrected chi connectivity index (χ0v) is 13.6. The molecule has 0 fully saturated rings. The van der Waals surface area contributed by atoms with Crippen LogP contribution in [-0.2, 0) is 4.74 Å². The molecule has 0 N–H and O–H groups in total. The summed E-state index contributed by atoms with van der Waals surface area (Å²) in [4.78, 5) is 8.48. The number of imidazole rings is 1. The topological polar surface area (TPSA) is 39.4 Å².